The maximum Gasteiger partial charge on any atom is 0.326 e. The molecule has 2 atom stereocenters. The molecule has 0 aliphatic carbocycles. The molecule has 2 unspecified atom stereocenters. The highest BCUT2D eigenvalue weighted by atomic mass is 35.5. The van der Waals surface area contributed by atoms with Crippen LogP contribution in [0.3, 0.4) is 0 Å². The Morgan fingerprint density at radius 1 is 0.971 bits per heavy atom. The molecule has 0 saturated carbocycles. The summed E-state index contributed by atoms with van der Waals surface area (Å²) in [5.74, 6) is -0.782. The first-order chi connectivity index (χ1) is 16.9. The van der Waals surface area contributed by atoms with Crippen molar-refractivity contribution >= 4 is 58.2 Å². The Bertz CT molecular complexity index is 1310. The lowest BCUT2D eigenvalue weighted by molar-refractivity contribution is -0.145. The highest BCUT2D eigenvalue weighted by molar-refractivity contribution is 6.40. The van der Waals surface area contributed by atoms with Gasteiger partial charge < -0.3 is 15.4 Å². The third kappa shape index (κ3) is 4.25. The monoisotopic (exact) mass is 529 g/mol. The van der Waals surface area contributed by atoms with E-state index in [1.54, 1.807) is 18.2 Å². The van der Waals surface area contributed by atoms with E-state index in [1.165, 1.54) is 12.0 Å². The third-order valence-corrected chi connectivity index (χ3v) is 7.52. The molecule has 1 fully saturated rings. The maximum absolute atomic E-state index is 13.2. The van der Waals surface area contributed by atoms with E-state index in [4.69, 9.17) is 39.5 Å². The standard InChI is InChI=1S/C26H22Cl3N3O3/c1-35-25(33)19-12-30-11-17(19)14-9-16(15-5-2-3-6-20(15)27)18-13-31-26(34)32(23(18)10-14)24-21(28)7-4-8-22(24)29/h2-10,17,19,30H,11-13H2,1H3,(H,31,34). The molecule has 0 radical (unpaired) electrons. The van der Waals surface area contributed by atoms with E-state index >= 15 is 0 Å². The Morgan fingerprint density at radius 3 is 2.40 bits per heavy atom. The number of methoxy groups -OCH3 is 1. The van der Waals surface area contributed by atoms with E-state index in [0.717, 1.165) is 22.3 Å². The van der Waals surface area contributed by atoms with Crippen LogP contribution in [0, 0.1) is 5.92 Å². The van der Waals surface area contributed by atoms with Crippen LogP contribution in [0.25, 0.3) is 11.1 Å². The van der Waals surface area contributed by atoms with Crippen LogP contribution in [0.15, 0.2) is 54.6 Å². The Balaban J connectivity index is 1.77. The molecule has 0 aromatic heterocycles. The molecular formula is C26H22Cl3N3O3. The second-order valence-electron chi connectivity index (χ2n) is 8.50. The molecule has 180 valence electrons. The average molecular weight is 531 g/mol. The Morgan fingerprint density at radius 2 is 1.69 bits per heavy atom. The van der Waals surface area contributed by atoms with E-state index < -0.39 is 0 Å². The molecule has 3 aromatic rings. The smallest absolute Gasteiger partial charge is 0.326 e. The number of urea groups is 1. The summed E-state index contributed by atoms with van der Waals surface area (Å²) in [4.78, 5) is 27.2. The molecule has 1 saturated heterocycles. The van der Waals surface area contributed by atoms with Gasteiger partial charge in [0, 0.05) is 41.7 Å². The number of carbonyl (C=O) groups excluding carboxylic acids is 2. The van der Waals surface area contributed by atoms with Crippen LogP contribution in [-0.2, 0) is 16.1 Å². The molecule has 2 heterocycles. The summed E-state index contributed by atoms with van der Waals surface area (Å²) in [5, 5.41) is 7.51. The van der Waals surface area contributed by atoms with Gasteiger partial charge in [-0.2, -0.15) is 0 Å². The second kappa shape index (κ2) is 9.70. The van der Waals surface area contributed by atoms with Gasteiger partial charge in [-0.15, -0.1) is 0 Å². The van der Waals surface area contributed by atoms with Gasteiger partial charge in [0.05, 0.1) is 34.4 Å². The van der Waals surface area contributed by atoms with Gasteiger partial charge in [0.1, 0.15) is 0 Å². The minimum Gasteiger partial charge on any atom is -0.469 e. The van der Waals surface area contributed by atoms with Gasteiger partial charge in [0.25, 0.3) is 0 Å². The first-order valence-electron chi connectivity index (χ1n) is 11.1. The average Bonchev–Trinajstić information content (AvgIpc) is 3.34. The number of hydrogen-bond donors (Lipinski definition) is 2. The highest BCUT2D eigenvalue weighted by Crippen LogP contribution is 2.46. The number of anilines is 2. The zero-order valence-electron chi connectivity index (χ0n) is 18.8. The first kappa shape index (κ1) is 23.9. The van der Waals surface area contributed by atoms with Gasteiger partial charge in [-0.25, -0.2) is 4.79 Å². The lowest BCUT2D eigenvalue weighted by Gasteiger charge is -2.34. The van der Waals surface area contributed by atoms with Crippen LogP contribution < -0.4 is 15.5 Å². The van der Waals surface area contributed by atoms with E-state index in [2.05, 4.69) is 16.7 Å². The third-order valence-electron chi connectivity index (χ3n) is 6.58. The van der Waals surface area contributed by atoms with Crippen molar-refractivity contribution in [1.29, 1.82) is 0 Å². The molecule has 5 rings (SSSR count). The molecule has 0 spiro atoms. The molecule has 2 aliphatic rings. The topological polar surface area (TPSA) is 70.7 Å². The van der Waals surface area contributed by atoms with Gasteiger partial charge >= 0.3 is 12.0 Å². The van der Waals surface area contributed by atoms with E-state index in [1.807, 2.05) is 30.3 Å². The summed E-state index contributed by atoms with van der Waals surface area (Å²) < 4.78 is 5.06. The predicted molar refractivity (Wildman–Crippen MR) is 139 cm³/mol. The number of carbonyl (C=O) groups is 2. The molecule has 35 heavy (non-hydrogen) atoms. The number of benzene rings is 3. The molecule has 3 aromatic carbocycles. The number of amides is 2. The molecular weight excluding hydrogens is 509 g/mol. The fraction of sp³-hybridized carbons (Fsp3) is 0.231. The van der Waals surface area contributed by atoms with Crippen molar-refractivity contribution in [2.45, 2.75) is 12.5 Å². The number of hydrogen-bond acceptors (Lipinski definition) is 4. The highest BCUT2D eigenvalue weighted by Gasteiger charge is 2.37. The van der Waals surface area contributed by atoms with E-state index in [0.29, 0.717) is 46.1 Å². The van der Waals surface area contributed by atoms with Crippen LogP contribution in [-0.4, -0.2) is 32.2 Å². The SMILES string of the molecule is COC(=O)C1CNCC1c1cc(-c2ccccc2Cl)c2c(c1)N(c1c(Cl)cccc1Cl)C(=O)NC2. The van der Waals surface area contributed by atoms with Crippen molar-refractivity contribution in [3.63, 3.8) is 0 Å². The van der Waals surface area contributed by atoms with Crippen molar-refractivity contribution in [3.8, 4) is 11.1 Å². The quantitative estimate of drug-likeness (QED) is 0.397. The lowest BCUT2D eigenvalue weighted by atomic mass is 9.84. The van der Waals surface area contributed by atoms with Crippen LogP contribution in [0.2, 0.25) is 15.1 Å². The van der Waals surface area contributed by atoms with Crippen molar-refractivity contribution in [3.05, 3.63) is 80.8 Å². The summed E-state index contributed by atoms with van der Waals surface area (Å²) in [7, 11) is 1.39. The molecule has 9 heteroatoms. The summed E-state index contributed by atoms with van der Waals surface area (Å²) in [6, 6.07) is 16.3. The van der Waals surface area contributed by atoms with Crippen molar-refractivity contribution in [2.75, 3.05) is 25.1 Å². The predicted octanol–water partition coefficient (Wildman–Crippen LogP) is 6.15. The van der Waals surface area contributed by atoms with Gasteiger partial charge in [-0.3, -0.25) is 9.69 Å². The van der Waals surface area contributed by atoms with Crippen LogP contribution >= 0.6 is 34.8 Å². The second-order valence-corrected chi connectivity index (χ2v) is 9.73. The van der Waals surface area contributed by atoms with Crippen LogP contribution in [0.5, 0.6) is 0 Å². The summed E-state index contributed by atoms with van der Waals surface area (Å²) in [5.41, 5.74) is 4.50. The van der Waals surface area contributed by atoms with Crippen molar-refractivity contribution in [2.24, 2.45) is 5.92 Å². The lowest BCUT2D eigenvalue weighted by Crippen LogP contribution is -2.42. The number of nitrogens with one attached hydrogen (secondary N) is 2. The molecule has 2 amide bonds. The van der Waals surface area contributed by atoms with Gasteiger partial charge in [0.2, 0.25) is 0 Å². The molecule has 2 N–H and O–H groups in total. The largest absolute Gasteiger partial charge is 0.469 e. The molecule has 2 aliphatic heterocycles. The zero-order valence-corrected chi connectivity index (χ0v) is 21.0. The van der Waals surface area contributed by atoms with E-state index in [-0.39, 0.29) is 23.8 Å². The zero-order chi connectivity index (χ0) is 24.7. The van der Waals surface area contributed by atoms with Gasteiger partial charge in [-0.1, -0.05) is 65.1 Å². The molecule has 0 bridgehead atoms. The Kier molecular flexibility index (Phi) is 6.64. The number of esters is 1. The Labute approximate surface area is 218 Å². The number of fused-ring (bicyclic) bond motifs is 1. The van der Waals surface area contributed by atoms with Crippen molar-refractivity contribution < 1.29 is 14.3 Å². The number of ether oxygens (including phenoxy) is 1. The fourth-order valence-electron chi connectivity index (χ4n) is 4.90. The number of rotatable bonds is 4. The fourth-order valence-corrected chi connectivity index (χ4v) is 5.71. The normalized spacial score (nSPS) is 19.3. The minimum atomic E-state index is -0.355. The molecule has 6 nitrogen and oxygen atoms in total. The van der Waals surface area contributed by atoms with Crippen LogP contribution in [0.4, 0.5) is 16.2 Å². The Hall–Kier alpha value is -2.77. The summed E-state index contributed by atoms with van der Waals surface area (Å²) in [6.45, 7) is 1.41. The van der Waals surface area contributed by atoms with Crippen molar-refractivity contribution in [1.82, 2.24) is 10.6 Å². The number of para-hydroxylation sites is 1. The maximum atomic E-state index is 13.2. The van der Waals surface area contributed by atoms with Crippen LogP contribution in [0.1, 0.15) is 17.0 Å². The van der Waals surface area contributed by atoms with Gasteiger partial charge in [0.15, 0.2) is 0 Å². The van der Waals surface area contributed by atoms with Gasteiger partial charge in [-0.05, 0) is 35.4 Å². The number of nitrogens with zero attached hydrogens (tertiary/aromatic N) is 1. The minimum absolute atomic E-state index is 0.150. The summed E-state index contributed by atoms with van der Waals surface area (Å²) in [6.07, 6.45) is 0. The first-order valence-corrected chi connectivity index (χ1v) is 12.3. The van der Waals surface area contributed by atoms with E-state index in [9.17, 15) is 9.59 Å². The summed E-state index contributed by atoms with van der Waals surface area (Å²) >= 11 is 19.7. The number of halogens is 3.